The Kier molecular flexibility index (Phi) is 2.76. The van der Waals surface area contributed by atoms with Gasteiger partial charge in [-0.2, -0.15) is 5.10 Å². The van der Waals surface area contributed by atoms with Crippen LogP contribution in [-0.2, 0) is 0 Å². The van der Waals surface area contributed by atoms with Gasteiger partial charge in [-0.15, -0.1) is 10.2 Å². The van der Waals surface area contributed by atoms with Crippen molar-refractivity contribution in [1.29, 1.82) is 0 Å². The molecule has 16 heavy (non-hydrogen) atoms. The zero-order valence-electron chi connectivity index (χ0n) is 9.05. The van der Waals surface area contributed by atoms with Gasteiger partial charge >= 0.3 is 0 Å². The number of hydrogen-bond donors (Lipinski definition) is 0. The molecule has 1 aromatic carbocycles. The first-order chi connectivity index (χ1) is 7.66. The summed E-state index contributed by atoms with van der Waals surface area (Å²) in [6.07, 6.45) is 1.58. The summed E-state index contributed by atoms with van der Waals surface area (Å²) in [5.74, 6) is 1.12. The molecular formula is C11H11FN4. The van der Waals surface area contributed by atoms with E-state index in [-0.39, 0.29) is 5.82 Å². The van der Waals surface area contributed by atoms with Gasteiger partial charge in [0.15, 0.2) is 11.6 Å². The van der Waals surface area contributed by atoms with Crippen LogP contribution in [0.25, 0.3) is 0 Å². The lowest BCUT2D eigenvalue weighted by molar-refractivity contribution is 0.627. The second-order valence-electron chi connectivity index (χ2n) is 3.41. The Balaban J connectivity index is 2.28. The number of hydrogen-bond acceptors (Lipinski definition) is 3. The minimum Gasteiger partial charge on any atom is -0.207 e. The zero-order valence-corrected chi connectivity index (χ0v) is 9.05. The van der Waals surface area contributed by atoms with E-state index in [9.17, 15) is 4.39 Å². The van der Waals surface area contributed by atoms with Crippen LogP contribution in [0.3, 0.4) is 0 Å². The minimum absolute atomic E-state index is 0.277. The lowest BCUT2D eigenvalue weighted by atomic mass is 10.2. The highest BCUT2D eigenvalue weighted by molar-refractivity contribution is 5.79. The highest BCUT2D eigenvalue weighted by Crippen LogP contribution is 2.02. The van der Waals surface area contributed by atoms with Gasteiger partial charge < -0.3 is 0 Å². The molecule has 1 heterocycles. The van der Waals surface area contributed by atoms with E-state index in [1.54, 1.807) is 23.0 Å². The molecule has 0 bridgehead atoms. The smallest absolute Gasteiger partial charge is 0.151 e. The van der Waals surface area contributed by atoms with Crippen molar-refractivity contribution < 1.29 is 4.39 Å². The van der Waals surface area contributed by atoms with Gasteiger partial charge in [0.25, 0.3) is 0 Å². The Morgan fingerprint density at radius 3 is 2.56 bits per heavy atom. The van der Waals surface area contributed by atoms with Gasteiger partial charge in [0.1, 0.15) is 5.82 Å². The van der Waals surface area contributed by atoms with Crippen LogP contribution in [0.4, 0.5) is 4.39 Å². The fourth-order valence-electron chi connectivity index (χ4n) is 1.34. The van der Waals surface area contributed by atoms with Crippen LogP contribution in [-0.4, -0.2) is 21.1 Å². The Morgan fingerprint density at radius 1 is 1.25 bits per heavy atom. The molecule has 0 amide bonds. The van der Waals surface area contributed by atoms with Crippen LogP contribution < -0.4 is 0 Å². The van der Waals surface area contributed by atoms with Crippen LogP contribution in [0, 0.1) is 19.7 Å². The summed E-state index contributed by atoms with van der Waals surface area (Å²) in [7, 11) is 0. The number of benzene rings is 1. The Hall–Kier alpha value is -2.04. The highest BCUT2D eigenvalue weighted by Gasteiger charge is 2.01. The van der Waals surface area contributed by atoms with E-state index in [0.717, 1.165) is 0 Å². The first kappa shape index (κ1) is 10.5. The second-order valence-corrected chi connectivity index (χ2v) is 3.41. The molecule has 0 spiro atoms. The van der Waals surface area contributed by atoms with Gasteiger partial charge in [-0.3, -0.25) is 0 Å². The predicted molar refractivity (Wildman–Crippen MR) is 58.9 cm³/mol. The molecule has 0 N–H and O–H groups in total. The molecular weight excluding hydrogens is 207 g/mol. The average Bonchev–Trinajstić information content (AvgIpc) is 2.56. The number of halogens is 1. The van der Waals surface area contributed by atoms with Gasteiger partial charge in [-0.1, -0.05) is 12.1 Å². The molecule has 0 saturated carbocycles. The van der Waals surface area contributed by atoms with E-state index in [0.29, 0.717) is 17.2 Å². The van der Waals surface area contributed by atoms with E-state index in [2.05, 4.69) is 15.3 Å². The lowest BCUT2D eigenvalue weighted by Crippen LogP contribution is -1.96. The first-order valence-electron chi connectivity index (χ1n) is 4.85. The normalized spacial score (nSPS) is 11.2. The number of aryl methyl sites for hydroxylation is 2. The molecule has 1 aromatic heterocycles. The summed E-state index contributed by atoms with van der Waals surface area (Å²) >= 11 is 0. The fraction of sp³-hybridized carbons (Fsp3) is 0.182. The van der Waals surface area contributed by atoms with Crippen LogP contribution in [0.5, 0.6) is 0 Å². The maximum atomic E-state index is 12.9. The van der Waals surface area contributed by atoms with Gasteiger partial charge in [0.05, 0.1) is 6.21 Å². The molecule has 0 fully saturated rings. The summed E-state index contributed by atoms with van der Waals surface area (Å²) in [6.45, 7) is 3.62. The molecule has 0 aliphatic heterocycles. The molecule has 4 nitrogen and oxygen atoms in total. The molecule has 0 aliphatic rings. The Bertz CT molecular complexity index is 511. The van der Waals surface area contributed by atoms with E-state index in [1.165, 1.54) is 12.1 Å². The van der Waals surface area contributed by atoms with Crippen molar-refractivity contribution in [1.82, 2.24) is 14.9 Å². The Labute approximate surface area is 92.4 Å². The monoisotopic (exact) mass is 218 g/mol. The summed E-state index contributed by atoms with van der Waals surface area (Å²) in [4.78, 5) is 0. The summed E-state index contributed by atoms with van der Waals surface area (Å²) < 4.78 is 14.5. The molecule has 2 rings (SSSR count). The van der Waals surface area contributed by atoms with E-state index in [4.69, 9.17) is 0 Å². The maximum Gasteiger partial charge on any atom is 0.151 e. The Morgan fingerprint density at radius 2 is 1.94 bits per heavy atom. The molecule has 0 saturated heterocycles. The van der Waals surface area contributed by atoms with E-state index < -0.39 is 0 Å². The minimum atomic E-state index is -0.277. The third kappa shape index (κ3) is 2.13. The average molecular weight is 218 g/mol. The fourth-order valence-corrected chi connectivity index (χ4v) is 1.34. The summed E-state index contributed by atoms with van der Waals surface area (Å²) in [6, 6.07) is 6.23. The second kappa shape index (κ2) is 4.22. The summed E-state index contributed by atoms with van der Waals surface area (Å²) in [5.41, 5.74) is 0.701. The molecule has 0 unspecified atom stereocenters. The predicted octanol–water partition coefficient (Wildman–Crippen LogP) is 1.92. The number of rotatable bonds is 2. The molecule has 5 heteroatoms. The molecule has 0 atom stereocenters. The topological polar surface area (TPSA) is 43.1 Å². The number of nitrogens with zero attached hydrogens (tertiary/aromatic N) is 4. The van der Waals surface area contributed by atoms with Gasteiger partial charge in [-0.25, -0.2) is 9.07 Å². The van der Waals surface area contributed by atoms with E-state index in [1.807, 2.05) is 13.8 Å². The standard InChI is InChI=1S/C11H11FN4/c1-8-14-15-9(2)16(8)13-7-10-4-3-5-11(12)6-10/h3-7H,1-2H3. The molecule has 0 aliphatic carbocycles. The van der Waals surface area contributed by atoms with Crippen LogP contribution in [0.1, 0.15) is 17.2 Å². The van der Waals surface area contributed by atoms with Crippen molar-refractivity contribution in [3.63, 3.8) is 0 Å². The first-order valence-corrected chi connectivity index (χ1v) is 4.85. The van der Waals surface area contributed by atoms with Gasteiger partial charge in [0.2, 0.25) is 0 Å². The zero-order chi connectivity index (χ0) is 11.5. The quantitative estimate of drug-likeness (QED) is 0.723. The molecule has 2 aromatic rings. The lowest BCUT2D eigenvalue weighted by Gasteiger charge is -1.97. The van der Waals surface area contributed by atoms with Gasteiger partial charge in [-0.05, 0) is 31.5 Å². The van der Waals surface area contributed by atoms with Gasteiger partial charge in [0, 0.05) is 0 Å². The third-order valence-corrected chi connectivity index (χ3v) is 2.12. The van der Waals surface area contributed by atoms with Crippen molar-refractivity contribution >= 4 is 6.21 Å². The van der Waals surface area contributed by atoms with Crippen LogP contribution >= 0.6 is 0 Å². The molecule has 82 valence electrons. The van der Waals surface area contributed by atoms with Crippen LogP contribution in [0.2, 0.25) is 0 Å². The molecule has 0 radical (unpaired) electrons. The van der Waals surface area contributed by atoms with Crippen molar-refractivity contribution in [2.75, 3.05) is 0 Å². The SMILES string of the molecule is Cc1nnc(C)n1N=Cc1cccc(F)c1. The van der Waals surface area contributed by atoms with Crippen molar-refractivity contribution in [2.24, 2.45) is 5.10 Å². The van der Waals surface area contributed by atoms with Crippen molar-refractivity contribution in [3.8, 4) is 0 Å². The van der Waals surface area contributed by atoms with Crippen LogP contribution in [0.15, 0.2) is 29.4 Å². The van der Waals surface area contributed by atoms with Crippen molar-refractivity contribution in [3.05, 3.63) is 47.3 Å². The third-order valence-electron chi connectivity index (χ3n) is 2.12. The maximum absolute atomic E-state index is 12.9. The van der Waals surface area contributed by atoms with Crippen molar-refractivity contribution in [2.45, 2.75) is 13.8 Å². The summed E-state index contributed by atoms with van der Waals surface area (Å²) in [5, 5.41) is 11.9. The van der Waals surface area contributed by atoms with E-state index >= 15 is 0 Å². The highest BCUT2D eigenvalue weighted by atomic mass is 19.1. The number of aromatic nitrogens is 3. The largest absolute Gasteiger partial charge is 0.207 e.